The summed E-state index contributed by atoms with van der Waals surface area (Å²) in [7, 11) is -0.680. The second-order valence-electron chi connectivity index (χ2n) is 9.89. The standard InChI is InChI=1S/C12H14F2OP.C12H13NO.C6H14N2O.C2H6.C2H2.CH3NO/c1-4-9(2)10-5-7-11(8-6-10)12(13,14)16(3)15;14-11-6-2-5-9-3-1-4-10-7-8-13(11)12(9)10;1-5(8-2)3-4-6(7)9;2*1-2;2-1-3/h4-8,15H,3H2,1-2H3;1,3-4H,2,5-8H2;5,8H,3-4H2,1-2H3,(H2,7,9);1-2H3;1-2H;1H,(H2,2,3)/q+1;;;;;/b9-4+;;;;;. The Morgan fingerprint density at radius 1 is 1.15 bits per heavy atom. The van der Waals surface area contributed by atoms with Crippen molar-refractivity contribution in [2.45, 2.75) is 84.8 Å². The van der Waals surface area contributed by atoms with Crippen LogP contribution in [-0.4, -0.2) is 49.1 Å². The highest BCUT2D eigenvalue weighted by Gasteiger charge is 2.46. The topological polar surface area (TPSA) is 139 Å². The summed E-state index contributed by atoms with van der Waals surface area (Å²) in [6, 6.07) is 12.7. The second-order valence-corrected chi connectivity index (χ2v) is 11.3. The van der Waals surface area contributed by atoms with Crippen LogP contribution in [0.5, 0.6) is 0 Å². The molecule has 2 aromatic rings. The van der Waals surface area contributed by atoms with Crippen LogP contribution in [0.4, 0.5) is 14.5 Å². The van der Waals surface area contributed by atoms with Gasteiger partial charge >= 0.3 is 13.4 Å². The molecule has 0 bridgehead atoms. The number of halogens is 2. The smallest absolute Gasteiger partial charge is 0.372 e. The lowest BCUT2D eigenvalue weighted by atomic mass is 10.0. The molecule has 0 saturated heterocycles. The normalized spacial score (nSPS) is 13.7. The maximum absolute atomic E-state index is 13.4. The Bertz CT molecular complexity index is 1280. The molecule has 0 aliphatic carbocycles. The zero-order valence-electron chi connectivity index (χ0n) is 28.1. The number of aryl methyl sites for hydroxylation is 1. The van der Waals surface area contributed by atoms with Gasteiger partial charge in [-0.3, -0.25) is 14.4 Å². The zero-order valence-corrected chi connectivity index (χ0v) is 29.0. The summed E-state index contributed by atoms with van der Waals surface area (Å²) < 4.78 is 26.8. The molecule has 4 rings (SSSR count). The third kappa shape index (κ3) is 14.9. The van der Waals surface area contributed by atoms with E-state index in [0.29, 0.717) is 24.8 Å². The Hall–Kier alpha value is -3.90. The zero-order chi connectivity index (χ0) is 35.9. The molecule has 2 aromatic carbocycles. The van der Waals surface area contributed by atoms with Crippen LogP contribution in [0.15, 0.2) is 48.5 Å². The van der Waals surface area contributed by atoms with E-state index in [1.165, 1.54) is 28.9 Å². The molecule has 3 amide bonds. The SMILES string of the molecule is C#C.C=[P+](O)C(F)(F)c1ccc(/C(C)=C/C)cc1.CC.CNC(C)CCC(N)=O.NC=O.O=C1CCCc2cccc3c2N1CC3. The summed E-state index contributed by atoms with van der Waals surface area (Å²) in [5, 5.41) is 3.01. The number of hydrogen-bond acceptors (Lipinski definition) is 5. The van der Waals surface area contributed by atoms with E-state index < -0.39 is 13.4 Å². The third-order valence-electron chi connectivity index (χ3n) is 6.98. The number of carbonyl (C=O) groups is 3. The number of primary amides is 2. The van der Waals surface area contributed by atoms with Gasteiger partial charge in [-0.1, -0.05) is 50.3 Å². The number of terminal acetylenes is 1. The minimum Gasteiger partial charge on any atom is -0.372 e. The van der Waals surface area contributed by atoms with Gasteiger partial charge in [-0.2, -0.15) is 13.7 Å². The Morgan fingerprint density at radius 2 is 1.67 bits per heavy atom. The number of nitrogens with two attached hydrogens (primary N) is 2. The number of para-hydroxylation sites is 1. The van der Waals surface area contributed by atoms with Crippen molar-refractivity contribution in [1.82, 2.24) is 5.32 Å². The van der Waals surface area contributed by atoms with Gasteiger partial charge in [-0.05, 0) is 87.9 Å². The van der Waals surface area contributed by atoms with Crippen LogP contribution in [0.25, 0.3) is 5.57 Å². The van der Waals surface area contributed by atoms with Crippen LogP contribution in [0, 0.1) is 12.8 Å². The average molecular weight is 662 g/mol. The Balaban J connectivity index is 0. The van der Waals surface area contributed by atoms with E-state index >= 15 is 0 Å². The first-order chi connectivity index (χ1) is 21.8. The van der Waals surface area contributed by atoms with Crippen molar-refractivity contribution in [3.63, 3.8) is 0 Å². The number of benzene rings is 2. The highest BCUT2D eigenvalue weighted by molar-refractivity contribution is 7.50. The number of carbonyl (C=O) groups excluding carboxylic acids is 3. The van der Waals surface area contributed by atoms with Crippen LogP contribution in [0.3, 0.4) is 0 Å². The first kappa shape index (κ1) is 44.2. The van der Waals surface area contributed by atoms with Crippen molar-refractivity contribution < 1.29 is 28.1 Å². The monoisotopic (exact) mass is 661 g/mol. The van der Waals surface area contributed by atoms with Crippen molar-refractivity contribution in [3.05, 3.63) is 70.8 Å². The number of hydrogen-bond donors (Lipinski definition) is 4. The van der Waals surface area contributed by atoms with Crippen LogP contribution in [0.1, 0.15) is 82.6 Å². The first-order valence-corrected chi connectivity index (χ1v) is 16.6. The quantitative estimate of drug-likeness (QED) is 0.161. The summed E-state index contributed by atoms with van der Waals surface area (Å²) in [6.45, 7) is 10.7. The number of nitrogens with zero attached hydrogens (tertiary/aromatic N) is 1. The van der Waals surface area contributed by atoms with Crippen LogP contribution >= 0.6 is 7.77 Å². The molecule has 2 aliphatic heterocycles. The molecule has 46 heavy (non-hydrogen) atoms. The lowest BCUT2D eigenvalue weighted by molar-refractivity contribution is -0.119. The highest BCUT2D eigenvalue weighted by Crippen LogP contribution is 2.47. The van der Waals surface area contributed by atoms with Gasteiger partial charge in [0, 0.05) is 25.4 Å². The fourth-order valence-corrected chi connectivity index (χ4v) is 4.75. The van der Waals surface area contributed by atoms with Crippen molar-refractivity contribution >= 4 is 43.6 Å². The van der Waals surface area contributed by atoms with E-state index in [0.717, 1.165) is 43.4 Å². The molecular weight excluding hydrogens is 609 g/mol. The van der Waals surface area contributed by atoms with Gasteiger partial charge < -0.3 is 21.7 Å². The molecule has 2 unspecified atom stereocenters. The van der Waals surface area contributed by atoms with Gasteiger partial charge in [-0.15, -0.1) is 12.8 Å². The van der Waals surface area contributed by atoms with Gasteiger partial charge in [0.25, 0.3) is 0 Å². The molecule has 0 radical (unpaired) electrons. The van der Waals surface area contributed by atoms with E-state index in [1.54, 1.807) is 12.1 Å². The fourth-order valence-electron chi connectivity index (χ4n) is 4.31. The number of rotatable bonds is 7. The third-order valence-corrected chi connectivity index (χ3v) is 7.88. The maximum Gasteiger partial charge on any atom is 0.459 e. The molecular formula is C35H52F2N4O4P+. The summed E-state index contributed by atoms with van der Waals surface area (Å²) >= 11 is 0. The van der Waals surface area contributed by atoms with Gasteiger partial charge in [0.2, 0.25) is 18.2 Å². The van der Waals surface area contributed by atoms with Crippen molar-refractivity contribution in [2.75, 3.05) is 18.5 Å². The van der Waals surface area contributed by atoms with Crippen molar-refractivity contribution in [1.29, 1.82) is 0 Å². The first-order valence-electron chi connectivity index (χ1n) is 15.1. The van der Waals surface area contributed by atoms with Crippen LogP contribution < -0.4 is 21.7 Å². The lowest BCUT2D eigenvalue weighted by Crippen LogP contribution is -2.27. The fraction of sp³-hybridized carbons (Fsp3) is 0.429. The van der Waals surface area contributed by atoms with Gasteiger partial charge in [-0.25, -0.2) is 0 Å². The number of amides is 3. The predicted octanol–water partition coefficient (Wildman–Crippen LogP) is 6.13. The molecule has 0 spiro atoms. The minimum atomic E-state index is -3.24. The summed E-state index contributed by atoms with van der Waals surface area (Å²) in [4.78, 5) is 41.5. The van der Waals surface area contributed by atoms with Crippen LogP contribution in [0.2, 0.25) is 0 Å². The molecule has 254 valence electrons. The summed E-state index contributed by atoms with van der Waals surface area (Å²) in [5.74, 6) is 0.0887. The van der Waals surface area contributed by atoms with Crippen molar-refractivity contribution in [3.8, 4) is 12.8 Å². The van der Waals surface area contributed by atoms with Gasteiger partial charge in [0.05, 0.1) is 11.3 Å². The van der Waals surface area contributed by atoms with Crippen molar-refractivity contribution in [2.24, 2.45) is 11.5 Å². The summed E-state index contributed by atoms with van der Waals surface area (Å²) in [6.07, 6.45) is 18.3. The van der Waals surface area contributed by atoms with E-state index in [9.17, 15) is 18.4 Å². The van der Waals surface area contributed by atoms with E-state index in [2.05, 4.69) is 48.4 Å². The number of allylic oxidation sites excluding steroid dienone is 2. The Labute approximate surface area is 275 Å². The predicted molar refractivity (Wildman–Crippen MR) is 190 cm³/mol. The van der Waals surface area contributed by atoms with Gasteiger partial charge in [0.15, 0.2) is 0 Å². The molecule has 0 aromatic heterocycles. The Kier molecular flexibility index (Phi) is 23.4. The molecule has 0 saturated carbocycles. The molecule has 2 aliphatic rings. The average Bonchev–Trinajstić information content (AvgIpc) is 3.44. The lowest BCUT2D eigenvalue weighted by Gasteiger charge is -2.16. The van der Waals surface area contributed by atoms with E-state index in [4.69, 9.17) is 15.4 Å². The number of nitrogens with one attached hydrogen (secondary N) is 1. The van der Waals surface area contributed by atoms with Crippen LogP contribution in [-0.2, 0) is 32.9 Å². The summed E-state index contributed by atoms with van der Waals surface area (Å²) in [5.41, 5.74) is 11.5. The van der Waals surface area contributed by atoms with E-state index in [1.807, 2.05) is 52.6 Å². The van der Waals surface area contributed by atoms with E-state index in [-0.39, 0.29) is 17.9 Å². The van der Waals surface area contributed by atoms with Gasteiger partial charge in [0.1, 0.15) is 6.30 Å². The largest absolute Gasteiger partial charge is 0.459 e. The highest BCUT2D eigenvalue weighted by atomic mass is 31.1. The molecule has 6 N–H and O–H groups in total. The molecule has 8 nitrogen and oxygen atoms in total. The Morgan fingerprint density at radius 3 is 2.13 bits per heavy atom. The maximum atomic E-state index is 13.4. The number of anilines is 1. The molecule has 2 atom stereocenters. The molecule has 0 fully saturated rings. The second kappa shape index (κ2) is 24.3. The molecule has 2 heterocycles. The minimum absolute atomic E-state index is 0.191. The number of alkyl halides is 2. The molecule has 11 heteroatoms.